The van der Waals surface area contributed by atoms with Crippen LogP contribution in [0.1, 0.15) is 47.9 Å². The predicted molar refractivity (Wildman–Crippen MR) is 82.9 cm³/mol. The van der Waals surface area contributed by atoms with Crippen LogP contribution in [-0.4, -0.2) is 0 Å². The predicted octanol–water partition coefficient (Wildman–Crippen LogP) is 5.41. The average molecular weight is 328 g/mol. The van der Waals surface area contributed by atoms with Crippen molar-refractivity contribution in [2.24, 2.45) is 0 Å². The largest absolute Gasteiger partial charge is 0.303 e. The molecular formula is C16H16ClF2NS. The number of thiophene rings is 1. The average Bonchev–Trinajstić information content (AvgIpc) is 2.83. The summed E-state index contributed by atoms with van der Waals surface area (Å²) in [5.41, 5.74) is 2.01. The molecule has 1 nitrogen and oxygen atoms in total. The van der Waals surface area contributed by atoms with Crippen LogP contribution in [0.15, 0.2) is 24.3 Å². The summed E-state index contributed by atoms with van der Waals surface area (Å²) >= 11 is 7.74. The highest BCUT2D eigenvalue weighted by atomic mass is 35.5. The van der Waals surface area contributed by atoms with Gasteiger partial charge in [0.15, 0.2) is 11.6 Å². The molecule has 112 valence electrons. The Morgan fingerprint density at radius 2 is 2.10 bits per heavy atom. The fourth-order valence-corrected chi connectivity index (χ4v) is 4.26. The van der Waals surface area contributed by atoms with Crippen LogP contribution < -0.4 is 5.32 Å². The van der Waals surface area contributed by atoms with Gasteiger partial charge in [0, 0.05) is 17.0 Å². The first-order valence-corrected chi connectivity index (χ1v) is 8.23. The maximum atomic E-state index is 13.3. The van der Waals surface area contributed by atoms with Crippen molar-refractivity contribution in [2.75, 3.05) is 0 Å². The molecule has 0 amide bonds. The fourth-order valence-electron chi connectivity index (χ4n) is 2.87. The lowest BCUT2D eigenvalue weighted by Crippen LogP contribution is -2.27. The van der Waals surface area contributed by atoms with Crippen LogP contribution in [0.4, 0.5) is 8.78 Å². The fraction of sp³-hybridized carbons (Fsp3) is 0.375. The zero-order valence-corrected chi connectivity index (χ0v) is 13.2. The first-order chi connectivity index (χ1) is 10.0. The summed E-state index contributed by atoms with van der Waals surface area (Å²) < 4.78 is 27.2. The molecule has 3 rings (SSSR count). The highest BCUT2D eigenvalue weighted by Gasteiger charge is 2.24. The van der Waals surface area contributed by atoms with E-state index >= 15 is 0 Å². The smallest absolute Gasteiger partial charge is 0.159 e. The molecule has 5 heteroatoms. The molecule has 1 aromatic carbocycles. The number of rotatable bonds is 3. The van der Waals surface area contributed by atoms with Crippen molar-refractivity contribution in [1.29, 1.82) is 0 Å². The Bertz CT molecular complexity index is 656. The van der Waals surface area contributed by atoms with Gasteiger partial charge in [-0.05, 0) is 55.5 Å². The summed E-state index contributed by atoms with van der Waals surface area (Å²) in [4.78, 5) is 1.33. The zero-order valence-electron chi connectivity index (χ0n) is 11.6. The van der Waals surface area contributed by atoms with Crippen molar-refractivity contribution in [3.05, 3.63) is 56.2 Å². The standard InChI is InChI=1S/C16H16ClF2NS/c1-9(10-5-6-12(18)13(19)7-10)20-14-3-2-4-15-11(14)8-16(17)21-15/h5-9,14,20H,2-4H2,1H3. The topological polar surface area (TPSA) is 12.0 Å². The van der Waals surface area contributed by atoms with Crippen LogP contribution in [0.2, 0.25) is 4.34 Å². The molecule has 1 N–H and O–H groups in total. The van der Waals surface area contributed by atoms with Crippen LogP contribution in [0.3, 0.4) is 0 Å². The summed E-state index contributed by atoms with van der Waals surface area (Å²) in [5, 5.41) is 3.51. The molecule has 0 saturated carbocycles. The molecule has 0 aliphatic heterocycles. The Hall–Kier alpha value is -0.970. The van der Waals surface area contributed by atoms with Crippen molar-refractivity contribution >= 4 is 22.9 Å². The quantitative estimate of drug-likeness (QED) is 0.795. The number of nitrogens with one attached hydrogen (secondary N) is 1. The third kappa shape index (κ3) is 3.12. The number of hydrogen-bond donors (Lipinski definition) is 1. The Balaban J connectivity index is 1.79. The molecule has 2 atom stereocenters. The lowest BCUT2D eigenvalue weighted by atomic mass is 9.93. The third-order valence-corrected chi connectivity index (χ3v) is 5.32. The molecule has 1 heterocycles. The Kier molecular flexibility index (Phi) is 4.29. The van der Waals surface area contributed by atoms with Gasteiger partial charge in [-0.15, -0.1) is 11.3 Å². The molecule has 1 aliphatic rings. The molecule has 1 aliphatic carbocycles. The monoisotopic (exact) mass is 327 g/mol. The highest BCUT2D eigenvalue weighted by molar-refractivity contribution is 7.16. The first kappa shape index (κ1) is 14.9. The van der Waals surface area contributed by atoms with Gasteiger partial charge in [-0.1, -0.05) is 17.7 Å². The van der Waals surface area contributed by atoms with Crippen LogP contribution in [0.5, 0.6) is 0 Å². The summed E-state index contributed by atoms with van der Waals surface area (Å²) in [6.07, 6.45) is 3.23. The normalized spacial score (nSPS) is 19.3. The molecule has 0 bridgehead atoms. The lowest BCUT2D eigenvalue weighted by molar-refractivity contribution is 0.416. The van der Waals surface area contributed by atoms with Gasteiger partial charge in [0.05, 0.1) is 4.34 Å². The second kappa shape index (κ2) is 6.03. The van der Waals surface area contributed by atoms with Crippen molar-refractivity contribution in [3.63, 3.8) is 0 Å². The number of fused-ring (bicyclic) bond motifs is 1. The number of benzene rings is 1. The van der Waals surface area contributed by atoms with Crippen LogP contribution in [-0.2, 0) is 6.42 Å². The van der Waals surface area contributed by atoms with Crippen LogP contribution in [0, 0.1) is 11.6 Å². The molecule has 0 radical (unpaired) electrons. The molecular weight excluding hydrogens is 312 g/mol. The molecule has 2 aromatic rings. The summed E-state index contributed by atoms with van der Waals surface area (Å²) in [7, 11) is 0. The summed E-state index contributed by atoms with van der Waals surface area (Å²) in [5.74, 6) is -1.61. The molecule has 0 spiro atoms. The minimum Gasteiger partial charge on any atom is -0.303 e. The van der Waals surface area contributed by atoms with Crippen molar-refractivity contribution in [1.82, 2.24) is 5.32 Å². The SMILES string of the molecule is CC(NC1CCCc2sc(Cl)cc21)c1ccc(F)c(F)c1. The second-order valence-electron chi connectivity index (χ2n) is 5.44. The van der Waals surface area contributed by atoms with E-state index in [-0.39, 0.29) is 12.1 Å². The van der Waals surface area contributed by atoms with E-state index in [4.69, 9.17) is 11.6 Å². The molecule has 1 aromatic heterocycles. The van der Waals surface area contributed by atoms with E-state index in [1.165, 1.54) is 22.6 Å². The van der Waals surface area contributed by atoms with E-state index in [1.807, 2.05) is 13.0 Å². The van der Waals surface area contributed by atoms with Crippen molar-refractivity contribution in [2.45, 2.75) is 38.3 Å². The molecule has 0 fully saturated rings. The van der Waals surface area contributed by atoms with Gasteiger partial charge in [0.2, 0.25) is 0 Å². The second-order valence-corrected chi connectivity index (χ2v) is 7.20. The maximum absolute atomic E-state index is 13.3. The Labute approximate surface area is 131 Å². The number of aryl methyl sites for hydroxylation is 1. The van der Waals surface area contributed by atoms with Gasteiger partial charge < -0.3 is 5.32 Å². The van der Waals surface area contributed by atoms with Crippen LogP contribution in [0.25, 0.3) is 0 Å². The highest BCUT2D eigenvalue weighted by Crippen LogP contribution is 2.38. The molecule has 0 saturated heterocycles. The van der Waals surface area contributed by atoms with E-state index in [0.29, 0.717) is 0 Å². The summed E-state index contributed by atoms with van der Waals surface area (Å²) in [6.45, 7) is 1.97. The van der Waals surface area contributed by atoms with Gasteiger partial charge in [-0.25, -0.2) is 8.78 Å². The molecule has 2 unspecified atom stereocenters. The van der Waals surface area contributed by atoms with Crippen molar-refractivity contribution < 1.29 is 8.78 Å². The maximum Gasteiger partial charge on any atom is 0.159 e. The minimum atomic E-state index is -0.810. The van der Waals surface area contributed by atoms with Gasteiger partial charge in [0.1, 0.15) is 0 Å². The first-order valence-electron chi connectivity index (χ1n) is 7.03. The Morgan fingerprint density at radius 1 is 1.29 bits per heavy atom. The van der Waals surface area contributed by atoms with Crippen LogP contribution >= 0.6 is 22.9 Å². The van der Waals surface area contributed by atoms with E-state index in [0.717, 1.165) is 29.2 Å². The third-order valence-electron chi connectivity index (χ3n) is 3.98. The van der Waals surface area contributed by atoms with Crippen molar-refractivity contribution in [3.8, 4) is 0 Å². The zero-order chi connectivity index (χ0) is 15.0. The van der Waals surface area contributed by atoms with Gasteiger partial charge in [-0.2, -0.15) is 0 Å². The minimum absolute atomic E-state index is 0.0466. The van der Waals surface area contributed by atoms with Gasteiger partial charge >= 0.3 is 0 Å². The van der Waals surface area contributed by atoms with E-state index in [1.54, 1.807) is 17.4 Å². The number of hydrogen-bond acceptors (Lipinski definition) is 2. The van der Waals surface area contributed by atoms with Gasteiger partial charge in [0.25, 0.3) is 0 Å². The Morgan fingerprint density at radius 3 is 2.86 bits per heavy atom. The number of halogens is 3. The lowest BCUT2D eigenvalue weighted by Gasteiger charge is -2.27. The molecule has 21 heavy (non-hydrogen) atoms. The summed E-state index contributed by atoms with van der Waals surface area (Å²) in [6, 6.07) is 6.26. The van der Waals surface area contributed by atoms with E-state index in [9.17, 15) is 8.78 Å². The van der Waals surface area contributed by atoms with E-state index in [2.05, 4.69) is 5.32 Å². The van der Waals surface area contributed by atoms with E-state index < -0.39 is 11.6 Å². The van der Waals surface area contributed by atoms with Gasteiger partial charge in [-0.3, -0.25) is 0 Å².